The Balaban J connectivity index is 1.53. The van der Waals surface area contributed by atoms with E-state index < -0.39 is 57.0 Å². The number of carbonyl (C=O) groups excluding carboxylic acids is 3. The number of halogens is 2. The molecule has 3 heterocycles. The van der Waals surface area contributed by atoms with Crippen LogP contribution < -0.4 is 9.47 Å². The SMILES string of the molecule is CC(C(=O)Oc1c2c3oc1c(C1(O)CCCC1)c3C(=O)O2)C(C)C(=O)OC(O)C(F)(F)S(=O)(=O)O. The Morgan fingerprint density at radius 2 is 1.69 bits per heavy atom. The number of fused-ring (bicyclic) bond motifs is 1. The van der Waals surface area contributed by atoms with E-state index in [2.05, 4.69) is 4.74 Å². The maximum absolute atomic E-state index is 13.4. The van der Waals surface area contributed by atoms with E-state index in [-0.39, 0.29) is 33.8 Å². The number of aliphatic hydroxyl groups is 2. The van der Waals surface area contributed by atoms with E-state index in [9.17, 15) is 41.8 Å². The second-order valence-corrected chi connectivity index (χ2v) is 10.1. The van der Waals surface area contributed by atoms with Gasteiger partial charge in [0.15, 0.2) is 11.2 Å². The Morgan fingerprint density at radius 3 is 2.26 bits per heavy atom. The van der Waals surface area contributed by atoms with Crippen LogP contribution in [0.4, 0.5) is 8.78 Å². The Hall–Kier alpha value is -2.88. The highest BCUT2D eigenvalue weighted by Gasteiger charge is 2.55. The van der Waals surface area contributed by atoms with E-state index in [1.54, 1.807) is 0 Å². The number of carbonyl (C=O) groups is 3. The fourth-order valence-corrected chi connectivity index (χ4v) is 4.45. The van der Waals surface area contributed by atoms with Gasteiger partial charge in [0.25, 0.3) is 6.29 Å². The molecule has 2 aliphatic rings. The number of aliphatic hydroxyl groups excluding tert-OH is 1. The molecule has 12 nitrogen and oxygen atoms in total. The van der Waals surface area contributed by atoms with Gasteiger partial charge >= 0.3 is 33.3 Å². The molecule has 3 N–H and O–H groups in total. The molecule has 2 aromatic heterocycles. The van der Waals surface area contributed by atoms with E-state index in [1.807, 2.05) is 0 Å². The maximum Gasteiger partial charge on any atom is 0.430 e. The molecule has 4 rings (SSSR count). The van der Waals surface area contributed by atoms with Gasteiger partial charge in [-0.1, -0.05) is 26.7 Å². The van der Waals surface area contributed by atoms with Gasteiger partial charge in [0, 0.05) is 5.56 Å². The summed E-state index contributed by atoms with van der Waals surface area (Å²) in [7, 11) is -6.10. The molecule has 2 aromatic rings. The van der Waals surface area contributed by atoms with Crippen LogP contribution in [0, 0.1) is 11.8 Å². The zero-order valence-electron chi connectivity index (χ0n) is 18.2. The molecular weight excluding hydrogens is 502 g/mol. The second kappa shape index (κ2) is 8.08. The van der Waals surface area contributed by atoms with Crippen molar-refractivity contribution in [1.82, 2.24) is 0 Å². The van der Waals surface area contributed by atoms with Crippen molar-refractivity contribution in [3.05, 3.63) is 11.1 Å². The lowest BCUT2D eigenvalue weighted by Gasteiger charge is -2.23. The maximum atomic E-state index is 13.4. The largest absolute Gasteiger partial charge is 0.448 e. The highest BCUT2D eigenvalue weighted by Crippen LogP contribution is 2.57. The minimum Gasteiger partial charge on any atom is -0.448 e. The quantitative estimate of drug-likeness (QED) is 0.197. The van der Waals surface area contributed by atoms with E-state index in [0.29, 0.717) is 25.7 Å². The van der Waals surface area contributed by atoms with Crippen molar-refractivity contribution in [2.45, 2.75) is 56.7 Å². The minimum absolute atomic E-state index is 0.00111. The number of ether oxygens (including phenoxy) is 3. The average molecular weight is 522 g/mol. The summed E-state index contributed by atoms with van der Waals surface area (Å²) in [4.78, 5) is 37.2. The predicted octanol–water partition coefficient (Wildman–Crippen LogP) is 1.68. The summed E-state index contributed by atoms with van der Waals surface area (Å²) in [6.45, 7) is 2.22. The van der Waals surface area contributed by atoms with Gasteiger partial charge in [-0.2, -0.15) is 17.2 Å². The van der Waals surface area contributed by atoms with Crippen LogP contribution in [0.5, 0.6) is 11.5 Å². The molecule has 0 amide bonds. The second-order valence-electron chi connectivity index (χ2n) is 8.62. The number of rotatable bonds is 8. The fraction of sp³-hybridized carbons (Fsp3) is 0.550. The van der Waals surface area contributed by atoms with Gasteiger partial charge in [-0.25, -0.2) is 4.79 Å². The lowest BCUT2D eigenvalue weighted by Crippen LogP contribution is -2.45. The van der Waals surface area contributed by atoms with Gasteiger partial charge in [0.1, 0.15) is 5.56 Å². The highest BCUT2D eigenvalue weighted by molar-refractivity contribution is 7.86. The summed E-state index contributed by atoms with van der Waals surface area (Å²) in [5.74, 6) is -6.89. The van der Waals surface area contributed by atoms with Crippen LogP contribution >= 0.6 is 0 Å². The molecule has 0 saturated heterocycles. The fourth-order valence-electron chi connectivity index (χ4n) is 4.15. The lowest BCUT2D eigenvalue weighted by molar-refractivity contribution is -0.210. The number of alkyl halides is 2. The normalized spacial score (nSPS) is 20.0. The van der Waals surface area contributed by atoms with Gasteiger partial charge in [0.2, 0.25) is 11.5 Å². The van der Waals surface area contributed by atoms with Gasteiger partial charge in [-0.15, -0.1) is 0 Å². The lowest BCUT2D eigenvalue weighted by atomic mass is 9.88. The smallest absolute Gasteiger partial charge is 0.430 e. The van der Waals surface area contributed by atoms with Crippen molar-refractivity contribution in [2.24, 2.45) is 11.8 Å². The summed E-state index contributed by atoms with van der Waals surface area (Å²) < 4.78 is 76.7. The molecule has 1 aliphatic carbocycles. The van der Waals surface area contributed by atoms with Crippen molar-refractivity contribution in [2.75, 3.05) is 0 Å². The molecule has 3 unspecified atom stereocenters. The monoisotopic (exact) mass is 522 g/mol. The van der Waals surface area contributed by atoms with Crippen molar-refractivity contribution in [1.29, 1.82) is 0 Å². The van der Waals surface area contributed by atoms with Gasteiger partial charge in [-0.05, 0) is 12.8 Å². The number of hydrogen-bond acceptors (Lipinski definition) is 11. The van der Waals surface area contributed by atoms with Crippen molar-refractivity contribution >= 4 is 39.2 Å². The number of furan rings is 2. The molecule has 0 spiro atoms. The van der Waals surface area contributed by atoms with Crippen molar-refractivity contribution in [3.63, 3.8) is 0 Å². The van der Waals surface area contributed by atoms with Crippen LogP contribution in [0.25, 0.3) is 11.2 Å². The van der Waals surface area contributed by atoms with Crippen LogP contribution in [0.15, 0.2) is 4.42 Å². The summed E-state index contributed by atoms with van der Waals surface area (Å²) in [5.41, 5.74) is -1.26. The zero-order chi connectivity index (χ0) is 26.1. The molecule has 2 bridgehead atoms. The van der Waals surface area contributed by atoms with Crippen LogP contribution in [0.1, 0.15) is 55.5 Å². The van der Waals surface area contributed by atoms with Gasteiger partial charge in [-0.3, -0.25) is 14.1 Å². The number of esters is 3. The Kier molecular flexibility index (Phi) is 5.82. The van der Waals surface area contributed by atoms with E-state index in [4.69, 9.17) is 18.4 Å². The standard InChI is InChI=1S/C20H20F2O12S/c1-7(8(2)16(24)34-18(26)20(21,22)35(28,29)30)15(23)32-14-12-10(19(27)5-3-4-6-19)9-11(31-12)13(14)33-17(9)25/h7-8,18,26-27H,3-6H2,1-2H3,(H,28,29,30). The number of benzene rings is 1. The highest BCUT2D eigenvalue weighted by atomic mass is 32.2. The molecule has 1 aliphatic heterocycles. The summed E-state index contributed by atoms with van der Waals surface area (Å²) in [6.07, 6.45) is -1.48. The predicted molar refractivity (Wildman–Crippen MR) is 107 cm³/mol. The molecule has 0 radical (unpaired) electrons. The van der Waals surface area contributed by atoms with Gasteiger partial charge in [0.05, 0.1) is 17.4 Å². The van der Waals surface area contributed by atoms with Crippen LogP contribution in [0.2, 0.25) is 0 Å². The molecular formula is C20H20F2O12S. The molecule has 1 fully saturated rings. The third-order valence-corrected chi connectivity index (χ3v) is 7.27. The van der Waals surface area contributed by atoms with Crippen molar-refractivity contribution in [3.8, 4) is 11.5 Å². The van der Waals surface area contributed by atoms with E-state index >= 15 is 0 Å². The molecule has 35 heavy (non-hydrogen) atoms. The van der Waals surface area contributed by atoms with Crippen LogP contribution in [-0.4, -0.2) is 52.6 Å². The molecule has 3 atom stereocenters. The number of hydrogen-bond donors (Lipinski definition) is 3. The summed E-state index contributed by atoms with van der Waals surface area (Å²) >= 11 is 0. The van der Waals surface area contributed by atoms with Crippen LogP contribution in [0.3, 0.4) is 0 Å². The minimum atomic E-state index is -6.10. The first-order valence-corrected chi connectivity index (χ1v) is 11.9. The molecule has 0 aromatic carbocycles. The summed E-state index contributed by atoms with van der Waals surface area (Å²) in [6, 6.07) is 0. The Morgan fingerprint density at radius 1 is 1.11 bits per heavy atom. The Labute approximate surface area is 195 Å². The third kappa shape index (κ3) is 3.82. The summed E-state index contributed by atoms with van der Waals surface area (Å²) in [5, 5.41) is 15.1. The first-order valence-electron chi connectivity index (χ1n) is 10.4. The molecule has 192 valence electrons. The van der Waals surface area contributed by atoms with E-state index in [1.165, 1.54) is 0 Å². The first-order chi connectivity index (χ1) is 16.1. The topological polar surface area (TPSA) is 187 Å². The van der Waals surface area contributed by atoms with Crippen molar-refractivity contribution < 1.29 is 65.0 Å². The first kappa shape index (κ1) is 25.2. The Bertz CT molecular complexity index is 1310. The average Bonchev–Trinajstić information content (AvgIpc) is 3.50. The molecule has 15 heteroatoms. The van der Waals surface area contributed by atoms with E-state index in [0.717, 1.165) is 13.8 Å². The third-order valence-electron chi connectivity index (χ3n) is 6.38. The molecule has 1 saturated carbocycles. The van der Waals surface area contributed by atoms with Gasteiger partial charge < -0.3 is 28.8 Å². The van der Waals surface area contributed by atoms with Crippen LogP contribution in [-0.2, 0) is 30.0 Å². The zero-order valence-corrected chi connectivity index (χ0v) is 19.1.